The Bertz CT molecular complexity index is 970. The van der Waals surface area contributed by atoms with Crippen molar-refractivity contribution in [1.29, 1.82) is 0 Å². The Morgan fingerprint density at radius 1 is 1.19 bits per heavy atom. The molecule has 0 unspecified atom stereocenters. The number of esters is 1. The van der Waals surface area contributed by atoms with Crippen molar-refractivity contribution in [3.63, 3.8) is 0 Å². The topological polar surface area (TPSA) is 81.9 Å². The molecule has 0 radical (unpaired) electrons. The standard InChI is InChI=1S/C18H15F2N3O4/c1-11-3-2-4-15-22-14(9-23(11)15)17(25)26-10-16(24)21-12-5-7-13(8-6-12)27-18(19)20/h2-9,18H,10H2,1H3,(H,21,24). The fourth-order valence-corrected chi connectivity index (χ4v) is 2.37. The van der Waals surface area contributed by atoms with E-state index in [0.717, 1.165) is 5.69 Å². The minimum absolute atomic E-state index is 0.0310. The lowest BCUT2D eigenvalue weighted by molar-refractivity contribution is -0.119. The average molecular weight is 375 g/mol. The van der Waals surface area contributed by atoms with E-state index in [0.29, 0.717) is 11.3 Å². The summed E-state index contributed by atoms with van der Waals surface area (Å²) in [6.45, 7) is -1.57. The highest BCUT2D eigenvalue weighted by molar-refractivity contribution is 5.95. The number of rotatable bonds is 6. The van der Waals surface area contributed by atoms with Gasteiger partial charge in [-0.25, -0.2) is 9.78 Å². The first kappa shape index (κ1) is 18.3. The van der Waals surface area contributed by atoms with Crippen LogP contribution in [-0.4, -0.2) is 34.5 Å². The molecule has 0 aliphatic rings. The molecule has 27 heavy (non-hydrogen) atoms. The lowest BCUT2D eigenvalue weighted by Crippen LogP contribution is -2.21. The van der Waals surface area contributed by atoms with Crippen molar-refractivity contribution in [3.05, 3.63) is 60.0 Å². The lowest BCUT2D eigenvalue weighted by Gasteiger charge is -2.07. The summed E-state index contributed by atoms with van der Waals surface area (Å²) in [6, 6.07) is 10.8. The number of halogens is 2. The molecule has 1 aromatic carbocycles. The van der Waals surface area contributed by atoms with Crippen molar-refractivity contribution in [2.45, 2.75) is 13.5 Å². The number of carbonyl (C=O) groups excluding carboxylic acids is 2. The summed E-state index contributed by atoms with van der Waals surface area (Å²) in [7, 11) is 0. The third-order valence-corrected chi connectivity index (χ3v) is 3.60. The van der Waals surface area contributed by atoms with Crippen molar-refractivity contribution in [1.82, 2.24) is 9.38 Å². The number of hydrogen-bond acceptors (Lipinski definition) is 5. The molecule has 9 heteroatoms. The van der Waals surface area contributed by atoms with Gasteiger partial charge in [0.25, 0.3) is 5.91 Å². The van der Waals surface area contributed by atoms with Crippen LogP contribution in [0.4, 0.5) is 14.5 Å². The molecule has 0 saturated carbocycles. The van der Waals surface area contributed by atoms with Gasteiger partial charge in [-0.3, -0.25) is 4.79 Å². The summed E-state index contributed by atoms with van der Waals surface area (Å²) < 4.78 is 35.1. The minimum atomic E-state index is -2.92. The Morgan fingerprint density at radius 3 is 2.59 bits per heavy atom. The first-order chi connectivity index (χ1) is 12.9. The molecule has 1 amide bonds. The monoisotopic (exact) mass is 375 g/mol. The van der Waals surface area contributed by atoms with E-state index in [1.165, 1.54) is 30.5 Å². The number of fused-ring (bicyclic) bond motifs is 1. The molecule has 1 N–H and O–H groups in total. The number of aryl methyl sites for hydroxylation is 1. The molecular weight excluding hydrogens is 360 g/mol. The van der Waals surface area contributed by atoms with E-state index in [1.807, 2.05) is 19.1 Å². The van der Waals surface area contributed by atoms with Crippen LogP contribution >= 0.6 is 0 Å². The number of imidazole rings is 1. The van der Waals surface area contributed by atoms with E-state index in [-0.39, 0.29) is 11.4 Å². The Hall–Kier alpha value is -3.49. The number of benzene rings is 1. The zero-order chi connectivity index (χ0) is 19.4. The number of anilines is 1. The number of carbonyl (C=O) groups is 2. The van der Waals surface area contributed by atoms with Gasteiger partial charge in [-0.05, 0) is 43.3 Å². The van der Waals surface area contributed by atoms with E-state index in [4.69, 9.17) is 4.74 Å². The van der Waals surface area contributed by atoms with E-state index in [9.17, 15) is 18.4 Å². The van der Waals surface area contributed by atoms with Gasteiger partial charge in [0.1, 0.15) is 11.4 Å². The summed E-state index contributed by atoms with van der Waals surface area (Å²) in [5.41, 5.74) is 1.93. The van der Waals surface area contributed by atoms with Crippen LogP contribution in [0, 0.1) is 6.92 Å². The first-order valence-electron chi connectivity index (χ1n) is 7.89. The quantitative estimate of drug-likeness (QED) is 0.670. The van der Waals surface area contributed by atoms with Gasteiger partial charge in [-0.15, -0.1) is 0 Å². The molecule has 0 spiro atoms. The molecule has 140 valence electrons. The molecular formula is C18H15F2N3O4. The predicted octanol–water partition coefficient (Wildman–Crippen LogP) is 3.04. The maximum Gasteiger partial charge on any atom is 0.387 e. The van der Waals surface area contributed by atoms with Crippen LogP contribution in [0.3, 0.4) is 0 Å². The van der Waals surface area contributed by atoms with E-state index >= 15 is 0 Å². The summed E-state index contributed by atoms with van der Waals surface area (Å²) in [5, 5.41) is 2.48. The number of hydrogen-bond donors (Lipinski definition) is 1. The Balaban J connectivity index is 1.55. The van der Waals surface area contributed by atoms with Crippen LogP contribution < -0.4 is 10.1 Å². The second-order valence-corrected chi connectivity index (χ2v) is 5.55. The summed E-state index contributed by atoms with van der Waals surface area (Å²) >= 11 is 0. The van der Waals surface area contributed by atoms with Gasteiger partial charge in [0.2, 0.25) is 0 Å². The Kier molecular flexibility index (Phi) is 5.30. The van der Waals surface area contributed by atoms with Crippen molar-refractivity contribution in [3.8, 4) is 5.75 Å². The summed E-state index contributed by atoms with van der Waals surface area (Å²) in [6.07, 6.45) is 1.53. The molecule has 3 rings (SSSR count). The number of aromatic nitrogens is 2. The van der Waals surface area contributed by atoms with Crippen LogP contribution in [0.25, 0.3) is 5.65 Å². The molecule has 0 fully saturated rings. The van der Waals surface area contributed by atoms with Crippen molar-refractivity contribution >= 4 is 23.2 Å². The van der Waals surface area contributed by atoms with Gasteiger partial charge in [-0.2, -0.15) is 8.78 Å². The predicted molar refractivity (Wildman–Crippen MR) is 91.9 cm³/mol. The molecule has 0 aliphatic heterocycles. The van der Waals surface area contributed by atoms with Gasteiger partial charge in [0.05, 0.1) is 0 Å². The molecule has 2 aromatic heterocycles. The normalized spacial score (nSPS) is 10.8. The first-order valence-corrected chi connectivity index (χ1v) is 7.89. The molecule has 3 aromatic rings. The second-order valence-electron chi connectivity index (χ2n) is 5.55. The zero-order valence-corrected chi connectivity index (χ0v) is 14.2. The average Bonchev–Trinajstić information content (AvgIpc) is 3.07. The molecule has 0 bridgehead atoms. The number of nitrogens with zero attached hydrogens (tertiary/aromatic N) is 2. The summed E-state index contributed by atoms with van der Waals surface area (Å²) in [5.74, 6) is -1.34. The lowest BCUT2D eigenvalue weighted by atomic mass is 10.3. The second kappa shape index (κ2) is 7.81. The van der Waals surface area contributed by atoms with E-state index in [2.05, 4.69) is 15.0 Å². The SMILES string of the molecule is Cc1cccc2nc(C(=O)OCC(=O)Nc3ccc(OC(F)F)cc3)cn12. The van der Waals surface area contributed by atoms with Crippen LogP contribution in [0.5, 0.6) is 5.75 Å². The fourth-order valence-electron chi connectivity index (χ4n) is 2.37. The molecule has 0 atom stereocenters. The number of nitrogens with one attached hydrogen (secondary N) is 1. The van der Waals surface area contributed by atoms with E-state index in [1.54, 1.807) is 10.5 Å². The van der Waals surface area contributed by atoms with Gasteiger partial charge < -0.3 is 19.2 Å². The maximum atomic E-state index is 12.1. The smallest absolute Gasteiger partial charge is 0.387 e. The Labute approximate surface area is 152 Å². The van der Waals surface area contributed by atoms with Gasteiger partial charge in [0.15, 0.2) is 12.3 Å². The number of ether oxygens (including phenoxy) is 2. The number of amides is 1. The summed E-state index contributed by atoms with van der Waals surface area (Å²) in [4.78, 5) is 28.1. The van der Waals surface area contributed by atoms with Crippen LogP contribution in [0.2, 0.25) is 0 Å². The third kappa shape index (κ3) is 4.57. The maximum absolute atomic E-state index is 12.1. The fraction of sp³-hybridized carbons (Fsp3) is 0.167. The molecule has 0 aliphatic carbocycles. The van der Waals surface area contributed by atoms with Crippen LogP contribution in [0.1, 0.15) is 16.2 Å². The molecule has 7 nitrogen and oxygen atoms in total. The Morgan fingerprint density at radius 2 is 1.93 bits per heavy atom. The van der Waals surface area contributed by atoms with Gasteiger partial charge in [0, 0.05) is 17.6 Å². The van der Waals surface area contributed by atoms with Crippen LogP contribution in [0.15, 0.2) is 48.7 Å². The van der Waals surface area contributed by atoms with Crippen molar-refractivity contribution in [2.24, 2.45) is 0 Å². The zero-order valence-electron chi connectivity index (χ0n) is 14.2. The largest absolute Gasteiger partial charge is 0.451 e. The van der Waals surface area contributed by atoms with Crippen LogP contribution in [-0.2, 0) is 9.53 Å². The highest BCUT2D eigenvalue weighted by Crippen LogP contribution is 2.17. The highest BCUT2D eigenvalue weighted by atomic mass is 19.3. The molecule has 0 saturated heterocycles. The van der Waals surface area contributed by atoms with Crippen molar-refractivity contribution in [2.75, 3.05) is 11.9 Å². The minimum Gasteiger partial charge on any atom is -0.451 e. The van der Waals surface area contributed by atoms with Gasteiger partial charge >= 0.3 is 12.6 Å². The van der Waals surface area contributed by atoms with Crippen molar-refractivity contribution < 1.29 is 27.8 Å². The highest BCUT2D eigenvalue weighted by Gasteiger charge is 2.15. The van der Waals surface area contributed by atoms with Gasteiger partial charge in [-0.1, -0.05) is 6.07 Å². The third-order valence-electron chi connectivity index (χ3n) is 3.60. The number of alkyl halides is 2. The van der Waals surface area contributed by atoms with E-state index < -0.39 is 25.1 Å². The molecule has 2 heterocycles. The number of pyridine rings is 1.